The van der Waals surface area contributed by atoms with Gasteiger partial charge in [-0.1, -0.05) is 261 Å². The lowest BCUT2D eigenvalue weighted by Crippen LogP contribution is -2.45. The largest absolute Gasteiger partial charge is 0.756 e. The molecule has 2 N–H and O–H groups in total. The van der Waals surface area contributed by atoms with E-state index in [-0.39, 0.29) is 12.5 Å². The number of phosphoric acid groups is 1. The number of aliphatic hydroxyl groups excluding tert-OH is 1. The topological polar surface area (TPSA) is 108 Å². The Morgan fingerprint density at radius 2 is 0.831 bits per heavy atom. The lowest BCUT2D eigenvalue weighted by molar-refractivity contribution is -0.870. The molecule has 9 heteroatoms. The number of rotatable bonds is 55. The van der Waals surface area contributed by atoms with Crippen LogP contribution < -0.4 is 10.2 Å². The minimum absolute atomic E-state index is 0.00645. The van der Waals surface area contributed by atoms with E-state index in [2.05, 4.69) is 67.8 Å². The van der Waals surface area contributed by atoms with Crippen LogP contribution in [-0.2, 0) is 18.4 Å². The molecule has 0 aromatic rings. The third-order valence-electron chi connectivity index (χ3n) is 13.4. The summed E-state index contributed by atoms with van der Waals surface area (Å²) in [6.07, 6.45) is 71.8. The summed E-state index contributed by atoms with van der Waals surface area (Å²) in [7, 11) is 1.25. The first kappa shape index (κ1) is 69.2. The van der Waals surface area contributed by atoms with Crippen molar-refractivity contribution in [3.8, 4) is 0 Å². The number of aliphatic hydroxyl groups is 1. The first-order valence-corrected chi connectivity index (χ1v) is 31.6. The van der Waals surface area contributed by atoms with Gasteiger partial charge in [0.25, 0.3) is 7.82 Å². The van der Waals surface area contributed by atoms with Gasteiger partial charge in [0.1, 0.15) is 13.2 Å². The zero-order chi connectivity index (χ0) is 52.0. The quantitative estimate of drug-likeness (QED) is 0.0272. The van der Waals surface area contributed by atoms with Gasteiger partial charge in [0.2, 0.25) is 5.91 Å². The Morgan fingerprint density at radius 3 is 1.24 bits per heavy atom. The summed E-state index contributed by atoms with van der Waals surface area (Å²) < 4.78 is 23.3. The van der Waals surface area contributed by atoms with E-state index in [1.165, 1.54) is 205 Å². The van der Waals surface area contributed by atoms with Crippen LogP contribution in [0.3, 0.4) is 0 Å². The summed E-state index contributed by atoms with van der Waals surface area (Å²) in [6, 6.07) is -0.903. The average Bonchev–Trinajstić information content (AvgIpc) is 3.33. The van der Waals surface area contributed by atoms with Gasteiger partial charge in [-0.05, 0) is 70.6 Å². The maximum Gasteiger partial charge on any atom is 0.268 e. The number of hydrogen-bond donors (Lipinski definition) is 2. The van der Waals surface area contributed by atoms with Crippen molar-refractivity contribution in [2.75, 3.05) is 40.9 Å². The highest BCUT2D eigenvalue weighted by atomic mass is 31.2. The van der Waals surface area contributed by atoms with Crippen LogP contribution >= 0.6 is 7.82 Å². The first-order chi connectivity index (χ1) is 34.5. The number of allylic oxidation sites excluding steroid dienone is 9. The van der Waals surface area contributed by atoms with Gasteiger partial charge in [0.05, 0.1) is 39.9 Å². The average molecular weight is 1020 g/mol. The fraction of sp³-hybridized carbons (Fsp3) is 0.823. The number of likely N-dealkylation sites (N-methyl/N-ethyl adjacent to an activating group) is 1. The van der Waals surface area contributed by atoms with Gasteiger partial charge in [-0.3, -0.25) is 9.36 Å². The minimum Gasteiger partial charge on any atom is -0.756 e. The molecule has 0 aliphatic rings. The number of unbranched alkanes of at least 4 members (excludes halogenated alkanes) is 34. The summed E-state index contributed by atoms with van der Waals surface area (Å²) in [5.41, 5.74) is 0. The third kappa shape index (κ3) is 55.8. The molecule has 0 fully saturated rings. The first-order valence-electron chi connectivity index (χ1n) is 30.2. The maximum absolute atomic E-state index is 12.9. The Balaban J connectivity index is 4.01. The number of phosphoric ester groups is 1. The molecule has 0 spiro atoms. The van der Waals surface area contributed by atoms with E-state index in [1.54, 1.807) is 6.08 Å². The van der Waals surface area contributed by atoms with Crippen molar-refractivity contribution in [3.05, 3.63) is 60.8 Å². The van der Waals surface area contributed by atoms with Crippen LogP contribution in [0.4, 0.5) is 0 Å². The SMILES string of the molecule is CCCCCCC/C=C\C/C=C\C/C=C\CCCCCCCCCCCCCCCCCCCCCCC(=O)NC(COP(=O)([O-])OCC[N+](C)(C)C)C(O)/C=C/CC/C=C/CCCCCCCCCC. The molecule has 8 nitrogen and oxygen atoms in total. The van der Waals surface area contributed by atoms with Crippen molar-refractivity contribution in [1.29, 1.82) is 0 Å². The van der Waals surface area contributed by atoms with Crippen LogP contribution in [0.5, 0.6) is 0 Å². The van der Waals surface area contributed by atoms with Gasteiger partial charge < -0.3 is 28.8 Å². The molecule has 0 aromatic heterocycles. The Hall–Kier alpha value is -1.80. The summed E-state index contributed by atoms with van der Waals surface area (Å²) in [5, 5.41) is 13.8. The highest BCUT2D eigenvalue weighted by Gasteiger charge is 2.23. The number of nitrogens with zero attached hydrogens (tertiary/aromatic N) is 1. The van der Waals surface area contributed by atoms with Crippen molar-refractivity contribution in [1.82, 2.24) is 5.32 Å². The van der Waals surface area contributed by atoms with Gasteiger partial charge in [0, 0.05) is 6.42 Å². The molecule has 0 aromatic carbocycles. The Morgan fingerprint density at radius 1 is 0.493 bits per heavy atom. The van der Waals surface area contributed by atoms with Gasteiger partial charge in [0.15, 0.2) is 0 Å². The number of quaternary nitrogens is 1. The van der Waals surface area contributed by atoms with E-state index in [4.69, 9.17) is 9.05 Å². The molecule has 0 saturated carbocycles. The fourth-order valence-corrected chi connectivity index (χ4v) is 9.43. The standard InChI is InChI=1S/C62H117N2O6P/c1-6-8-10-12-14-16-18-20-22-23-24-25-26-27-28-29-30-31-32-33-34-35-36-37-38-39-40-41-42-44-46-48-50-52-54-56-62(66)63-60(59-70-71(67,68)69-58-57-64(3,4)5)61(65)55-53-51-49-47-45-43-21-19-17-15-13-11-9-7-2/h18,20,23-24,26-27,45,47,53,55,60-61,65H,6-17,19,21-22,25,28-44,46,48-52,54,56-59H2,1-5H3,(H-,63,66,67,68)/b20-18-,24-23-,27-26-,47-45+,55-53+. The number of nitrogens with one attached hydrogen (secondary N) is 1. The van der Waals surface area contributed by atoms with E-state index < -0.39 is 26.6 Å². The molecular weight excluding hydrogens is 900 g/mol. The molecule has 0 bridgehead atoms. The van der Waals surface area contributed by atoms with E-state index >= 15 is 0 Å². The Labute approximate surface area is 441 Å². The van der Waals surface area contributed by atoms with Gasteiger partial charge in [-0.2, -0.15) is 0 Å². The number of carbonyl (C=O) groups excluding carboxylic acids is 1. The van der Waals surface area contributed by atoms with E-state index in [0.29, 0.717) is 17.4 Å². The summed E-state index contributed by atoms with van der Waals surface area (Å²) >= 11 is 0. The lowest BCUT2D eigenvalue weighted by Gasteiger charge is -2.29. The van der Waals surface area contributed by atoms with Gasteiger partial charge in [-0.15, -0.1) is 0 Å². The third-order valence-corrected chi connectivity index (χ3v) is 14.4. The van der Waals surface area contributed by atoms with Crippen molar-refractivity contribution >= 4 is 13.7 Å². The van der Waals surface area contributed by atoms with Crippen LogP contribution in [-0.4, -0.2) is 68.5 Å². The molecule has 416 valence electrons. The molecule has 0 aliphatic heterocycles. The maximum atomic E-state index is 12.9. The molecule has 0 rings (SSSR count). The molecule has 3 atom stereocenters. The molecule has 0 saturated heterocycles. The fourth-order valence-electron chi connectivity index (χ4n) is 8.71. The number of amides is 1. The molecule has 1 amide bonds. The number of carbonyl (C=O) groups is 1. The zero-order valence-corrected chi connectivity index (χ0v) is 48.3. The normalized spacial score (nSPS) is 14.3. The Kier molecular flexibility index (Phi) is 51.7. The molecule has 0 aliphatic carbocycles. The minimum atomic E-state index is -4.60. The highest BCUT2D eigenvalue weighted by molar-refractivity contribution is 7.45. The van der Waals surface area contributed by atoms with Crippen LogP contribution in [0.25, 0.3) is 0 Å². The van der Waals surface area contributed by atoms with Crippen molar-refractivity contribution in [3.63, 3.8) is 0 Å². The molecule has 0 heterocycles. The van der Waals surface area contributed by atoms with Crippen LogP contribution in [0.1, 0.15) is 277 Å². The van der Waals surface area contributed by atoms with E-state index in [0.717, 1.165) is 51.4 Å². The van der Waals surface area contributed by atoms with E-state index in [9.17, 15) is 19.4 Å². The van der Waals surface area contributed by atoms with Gasteiger partial charge in [-0.25, -0.2) is 0 Å². The predicted octanol–water partition coefficient (Wildman–Crippen LogP) is 17.9. The van der Waals surface area contributed by atoms with E-state index in [1.807, 2.05) is 27.2 Å². The van der Waals surface area contributed by atoms with Crippen molar-refractivity contribution in [2.45, 2.75) is 289 Å². The van der Waals surface area contributed by atoms with Crippen molar-refractivity contribution in [2.24, 2.45) is 0 Å². The molecule has 0 radical (unpaired) electrons. The summed E-state index contributed by atoms with van der Waals surface area (Å²) in [6.45, 7) is 4.62. The summed E-state index contributed by atoms with van der Waals surface area (Å²) in [4.78, 5) is 25.5. The second-order valence-electron chi connectivity index (χ2n) is 21.7. The highest BCUT2D eigenvalue weighted by Crippen LogP contribution is 2.38. The molecule has 71 heavy (non-hydrogen) atoms. The van der Waals surface area contributed by atoms with Crippen LogP contribution in [0.15, 0.2) is 60.8 Å². The molecule has 3 unspecified atom stereocenters. The smallest absolute Gasteiger partial charge is 0.268 e. The van der Waals surface area contributed by atoms with Crippen LogP contribution in [0.2, 0.25) is 0 Å². The predicted molar refractivity (Wildman–Crippen MR) is 307 cm³/mol. The van der Waals surface area contributed by atoms with Crippen molar-refractivity contribution < 1.29 is 32.9 Å². The van der Waals surface area contributed by atoms with Crippen LogP contribution in [0, 0.1) is 0 Å². The Bertz CT molecular complexity index is 1340. The number of hydrogen-bond acceptors (Lipinski definition) is 6. The lowest BCUT2D eigenvalue weighted by atomic mass is 10.0. The monoisotopic (exact) mass is 1020 g/mol. The second kappa shape index (κ2) is 53.0. The summed E-state index contributed by atoms with van der Waals surface area (Å²) in [5.74, 6) is -0.205. The second-order valence-corrected chi connectivity index (χ2v) is 23.1. The zero-order valence-electron chi connectivity index (χ0n) is 47.4. The molecular formula is C62H117N2O6P. The van der Waals surface area contributed by atoms with Gasteiger partial charge >= 0.3 is 0 Å².